The molecule has 24 heavy (non-hydrogen) atoms. The molecular weight excluding hydrogens is 326 g/mol. The van der Waals surface area contributed by atoms with Crippen LogP contribution in [0.3, 0.4) is 0 Å². The van der Waals surface area contributed by atoms with Crippen LogP contribution in [-0.4, -0.2) is 46.3 Å². The first-order chi connectivity index (χ1) is 11.6. The van der Waals surface area contributed by atoms with Crippen LogP contribution < -0.4 is 10.3 Å². The summed E-state index contributed by atoms with van der Waals surface area (Å²) in [4.78, 5) is 30.5. The highest BCUT2D eigenvalue weighted by Gasteiger charge is 2.22. The first kappa shape index (κ1) is 16.6. The normalized spacial score (nSPS) is 12.8. The fourth-order valence-corrected chi connectivity index (χ4v) is 3.32. The molecule has 0 fully saturated rings. The summed E-state index contributed by atoms with van der Waals surface area (Å²) >= 11 is 1.53. The van der Waals surface area contributed by atoms with E-state index in [0.29, 0.717) is 24.9 Å². The molecule has 2 heterocycles. The maximum atomic E-state index is 12.5. The molecule has 0 N–H and O–H groups in total. The Morgan fingerprint density at radius 2 is 2.12 bits per heavy atom. The second-order valence-electron chi connectivity index (χ2n) is 5.65. The average molecular weight is 345 g/mol. The Morgan fingerprint density at radius 1 is 1.38 bits per heavy atom. The highest BCUT2D eigenvalue weighted by Crippen LogP contribution is 2.20. The summed E-state index contributed by atoms with van der Waals surface area (Å²) in [6.45, 7) is 3.37. The van der Waals surface area contributed by atoms with E-state index in [4.69, 9.17) is 4.74 Å². The summed E-state index contributed by atoms with van der Waals surface area (Å²) in [5, 5.41) is 0.682. The van der Waals surface area contributed by atoms with E-state index >= 15 is 0 Å². The summed E-state index contributed by atoms with van der Waals surface area (Å²) in [5.74, 6) is 1.25. The van der Waals surface area contributed by atoms with Crippen LogP contribution in [0, 0.1) is 6.92 Å². The molecule has 0 radical (unpaired) electrons. The van der Waals surface area contributed by atoms with Crippen molar-refractivity contribution in [1.82, 2.24) is 14.5 Å². The molecule has 1 aliphatic rings. The Balaban J connectivity index is 1.61. The standard InChI is InChI=1S/C17H19N3O3S/c1-12-3-5-13(6-4-12)23-9-7-19(2)15(21)14-11-18-17-20(16(14)22)8-10-24-17/h3-6,11H,7-10H2,1-2H3. The minimum atomic E-state index is -0.327. The highest BCUT2D eigenvalue weighted by atomic mass is 32.2. The van der Waals surface area contributed by atoms with Crippen LogP contribution in [-0.2, 0) is 6.54 Å². The lowest BCUT2D eigenvalue weighted by Gasteiger charge is -2.17. The largest absolute Gasteiger partial charge is 0.492 e. The van der Waals surface area contributed by atoms with Gasteiger partial charge in [-0.05, 0) is 19.1 Å². The third-order valence-electron chi connectivity index (χ3n) is 3.85. The first-order valence-electron chi connectivity index (χ1n) is 7.74. The van der Waals surface area contributed by atoms with E-state index < -0.39 is 0 Å². The Hall–Kier alpha value is -2.28. The Bertz CT molecular complexity index is 802. The van der Waals surface area contributed by atoms with Crippen molar-refractivity contribution in [1.29, 1.82) is 0 Å². The van der Waals surface area contributed by atoms with Crippen LogP contribution in [0.2, 0.25) is 0 Å². The van der Waals surface area contributed by atoms with Gasteiger partial charge in [0.1, 0.15) is 17.9 Å². The van der Waals surface area contributed by atoms with Crippen molar-refractivity contribution in [3.63, 3.8) is 0 Å². The lowest BCUT2D eigenvalue weighted by Crippen LogP contribution is -2.36. The van der Waals surface area contributed by atoms with Gasteiger partial charge < -0.3 is 9.64 Å². The molecule has 3 rings (SSSR count). The fourth-order valence-electron chi connectivity index (χ4n) is 2.41. The summed E-state index contributed by atoms with van der Waals surface area (Å²) in [5.41, 5.74) is 1.01. The molecule has 6 nitrogen and oxygen atoms in total. The first-order valence-corrected chi connectivity index (χ1v) is 8.72. The lowest BCUT2D eigenvalue weighted by atomic mass is 10.2. The quantitative estimate of drug-likeness (QED) is 0.773. The number of carbonyl (C=O) groups excluding carboxylic acids is 1. The van der Waals surface area contributed by atoms with E-state index in [1.165, 1.54) is 22.9 Å². The third-order valence-corrected chi connectivity index (χ3v) is 4.82. The van der Waals surface area contributed by atoms with Crippen LogP contribution in [0.25, 0.3) is 0 Å². The van der Waals surface area contributed by atoms with Gasteiger partial charge in [-0.25, -0.2) is 4.98 Å². The molecule has 0 unspecified atom stereocenters. The molecule has 1 aromatic heterocycles. The van der Waals surface area contributed by atoms with Gasteiger partial charge in [-0.15, -0.1) is 0 Å². The van der Waals surface area contributed by atoms with E-state index in [0.717, 1.165) is 17.1 Å². The maximum Gasteiger partial charge on any atom is 0.267 e. The number of fused-ring (bicyclic) bond motifs is 1. The smallest absolute Gasteiger partial charge is 0.267 e. The number of rotatable bonds is 5. The fraction of sp³-hybridized carbons (Fsp3) is 0.353. The minimum Gasteiger partial charge on any atom is -0.492 e. The molecule has 0 saturated carbocycles. The molecule has 2 aromatic rings. The molecule has 7 heteroatoms. The number of thioether (sulfide) groups is 1. The van der Waals surface area contributed by atoms with E-state index in [2.05, 4.69) is 4.98 Å². The Labute approximate surface area is 144 Å². The number of benzene rings is 1. The number of likely N-dealkylation sites (N-methyl/N-ethyl adjacent to an activating group) is 1. The van der Waals surface area contributed by atoms with E-state index in [9.17, 15) is 9.59 Å². The van der Waals surface area contributed by atoms with Crippen LogP contribution in [0.15, 0.2) is 40.4 Å². The molecule has 1 aliphatic heterocycles. The SMILES string of the molecule is Cc1ccc(OCCN(C)C(=O)c2cnc3n(c2=O)CCS3)cc1. The van der Waals surface area contributed by atoms with Gasteiger partial charge >= 0.3 is 0 Å². The van der Waals surface area contributed by atoms with E-state index in [1.807, 2.05) is 31.2 Å². The van der Waals surface area contributed by atoms with Crippen LogP contribution in [0.5, 0.6) is 5.75 Å². The molecule has 0 bridgehead atoms. The number of aryl methyl sites for hydroxylation is 1. The van der Waals surface area contributed by atoms with Gasteiger partial charge in [0.2, 0.25) is 0 Å². The van der Waals surface area contributed by atoms with Crippen molar-refractivity contribution < 1.29 is 9.53 Å². The zero-order chi connectivity index (χ0) is 17.1. The second kappa shape index (κ2) is 7.09. The minimum absolute atomic E-state index is 0.110. The van der Waals surface area contributed by atoms with E-state index in [-0.39, 0.29) is 17.0 Å². The number of hydrogen-bond donors (Lipinski definition) is 0. The Morgan fingerprint density at radius 3 is 2.88 bits per heavy atom. The zero-order valence-corrected chi connectivity index (χ0v) is 14.5. The number of aromatic nitrogens is 2. The molecule has 0 saturated heterocycles. The lowest BCUT2D eigenvalue weighted by molar-refractivity contribution is 0.0770. The van der Waals surface area contributed by atoms with Gasteiger partial charge in [0.05, 0.1) is 6.54 Å². The van der Waals surface area contributed by atoms with Crippen molar-refractivity contribution in [2.75, 3.05) is 26.0 Å². The summed E-state index contributed by atoms with van der Waals surface area (Å²) in [6, 6.07) is 7.73. The van der Waals surface area contributed by atoms with Crippen molar-refractivity contribution in [3.8, 4) is 5.75 Å². The predicted octanol–water partition coefficient (Wildman–Crippen LogP) is 1.81. The predicted molar refractivity (Wildman–Crippen MR) is 92.9 cm³/mol. The second-order valence-corrected chi connectivity index (χ2v) is 6.71. The van der Waals surface area contributed by atoms with Gasteiger partial charge in [-0.3, -0.25) is 14.2 Å². The van der Waals surface area contributed by atoms with Gasteiger partial charge in [0, 0.05) is 25.5 Å². The molecule has 0 spiro atoms. The molecule has 1 aromatic carbocycles. The number of hydrogen-bond acceptors (Lipinski definition) is 5. The monoisotopic (exact) mass is 345 g/mol. The molecule has 126 valence electrons. The summed E-state index contributed by atoms with van der Waals surface area (Å²) in [6.07, 6.45) is 1.38. The number of ether oxygens (including phenoxy) is 1. The molecule has 0 aliphatic carbocycles. The number of amides is 1. The highest BCUT2D eigenvalue weighted by molar-refractivity contribution is 7.99. The van der Waals surface area contributed by atoms with Gasteiger partial charge in [0.25, 0.3) is 11.5 Å². The third kappa shape index (κ3) is 3.46. The topological polar surface area (TPSA) is 64.4 Å². The number of carbonyl (C=O) groups is 1. The number of nitrogens with zero attached hydrogens (tertiary/aromatic N) is 3. The molecular formula is C17H19N3O3S. The maximum absolute atomic E-state index is 12.5. The summed E-state index contributed by atoms with van der Waals surface area (Å²) < 4.78 is 7.19. The van der Waals surface area contributed by atoms with Gasteiger partial charge in [0.15, 0.2) is 5.16 Å². The molecule has 0 atom stereocenters. The van der Waals surface area contributed by atoms with Crippen molar-refractivity contribution in [2.45, 2.75) is 18.6 Å². The summed E-state index contributed by atoms with van der Waals surface area (Å²) in [7, 11) is 1.66. The van der Waals surface area contributed by atoms with Crippen molar-refractivity contribution >= 4 is 17.7 Å². The Kier molecular flexibility index (Phi) is 4.89. The van der Waals surface area contributed by atoms with Crippen LogP contribution >= 0.6 is 11.8 Å². The van der Waals surface area contributed by atoms with E-state index in [1.54, 1.807) is 11.6 Å². The molecule has 1 amide bonds. The average Bonchev–Trinajstić information content (AvgIpc) is 3.06. The van der Waals surface area contributed by atoms with Crippen molar-refractivity contribution in [2.24, 2.45) is 0 Å². The van der Waals surface area contributed by atoms with Gasteiger partial charge in [-0.2, -0.15) is 0 Å². The van der Waals surface area contributed by atoms with Crippen LogP contribution in [0.1, 0.15) is 15.9 Å². The van der Waals surface area contributed by atoms with Crippen LogP contribution in [0.4, 0.5) is 0 Å². The zero-order valence-electron chi connectivity index (χ0n) is 13.7. The van der Waals surface area contributed by atoms with Gasteiger partial charge in [-0.1, -0.05) is 29.5 Å². The van der Waals surface area contributed by atoms with Crippen molar-refractivity contribution in [3.05, 3.63) is 51.9 Å².